The number of aromatic nitrogens is 3. The lowest BCUT2D eigenvalue weighted by molar-refractivity contribution is 0.660. The molecule has 0 aliphatic heterocycles. The van der Waals surface area contributed by atoms with Crippen molar-refractivity contribution in [1.82, 2.24) is 14.5 Å². The largest absolute Gasteiger partial charge is 0.369 e. The molecule has 2 aromatic rings. The summed E-state index contributed by atoms with van der Waals surface area (Å²) < 4.78 is 2.02. The molecule has 0 fully saturated rings. The van der Waals surface area contributed by atoms with Crippen LogP contribution in [0.1, 0.15) is 17.7 Å². The van der Waals surface area contributed by atoms with Crippen LogP contribution in [0, 0.1) is 18.3 Å². The van der Waals surface area contributed by atoms with Crippen LogP contribution in [-0.4, -0.2) is 21.1 Å². The second-order valence-corrected chi connectivity index (χ2v) is 4.04. The second kappa shape index (κ2) is 5.82. The van der Waals surface area contributed by atoms with Gasteiger partial charge in [-0.1, -0.05) is 0 Å². The number of nitriles is 1. The van der Waals surface area contributed by atoms with Crippen LogP contribution in [0.15, 0.2) is 30.9 Å². The highest BCUT2D eigenvalue weighted by Crippen LogP contribution is 2.11. The van der Waals surface area contributed by atoms with Crippen molar-refractivity contribution in [2.75, 3.05) is 11.9 Å². The Bertz CT molecular complexity index is 539. The van der Waals surface area contributed by atoms with E-state index in [0.717, 1.165) is 25.2 Å². The molecule has 18 heavy (non-hydrogen) atoms. The molecule has 5 heteroatoms. The van der Waals surface area contributed by atoms with E-state index in [9.17, 15) is 0 Å². The molecule has 0 unspecified atom stereocenters. The first-order valence-corrected chi connectivity index (χ1v) is 5.87. The number of hydrogen-bond acceptors (Lipinski definition) is 4. The molecule has 2 aromatic heterocycles. The Labute approximate surface area is 106 Å². The number of nitrogens with one attached hydrogen (secondary N) is 1. The zero-order valence-corrected chi connectivity index (χ0v) is 10.3. The Morgan fingerprint density at radius 1 is 1.44 bits per heavy atom. The molecule has 0 bridgehead atoms. The van der Waals surface area contributed by atoms with E-state index in [0.29, 0.717) is 11.4 Å². The lowest BCUT2D eigenvalue weighted by Gasteiger charge is -2.08. The summed E-state index contributed by atoms with van der Waals surface area (Å²) in [5.41, 5.74) is 1.49. The molecule has 92 valence electrons. The van der Waals surface area contributed by atoms with Crippen LogP contribution in [-0.2, 0) is 6.54 Å². The van der Waals surface area contributed by atoms with Crippen molar-refractivity contribution in [3.05, 3.63) is 42.1 Å². The van der Waals surface area contributed by atoms with E-state index in [1.807, 2.05) is 23.8 Å². The van der Waals surface area contributed by atoms with Gasteiger partial charge in [-0.05, 0) is 25.5 Å². The summed E-state index contributed by atoms with van der Waals surface area (Å²) in [6, 6.07) is 5.77. The number of anilines is 1. The molecule has 0 saturated heterocycles. The van der Waals surface area contributed by atoms with Crippen molar-refractivity contribution >= 4 is 5.82 Å². The number of nitrogens with zero attached hydrogens (tertiary/aromatic N) is 4. The Hall–Kier alpha value is -2.35. The zero-order chi connectivity index (χ0) is 12.8. The molecule has 0 aromatic carbocycles. The van der Waals surface area contributed by atoms with Gasteiger partial charge < -0.3 is 9.88 Å². The lowest BCUT2D eigenvalue weighted by atomic mass is 10.2. The minimum Gasteiger partial charge on any atom is -0.369 e. The summed E-state index contributed by atoms with van der Waals surface area (Å²) in [5, 5.41) is 12.2. The monoisotopic (exact) mass is 241 g/mol. The van der Waals surface area contributed by atoms with Gasteiger partial charge >= 0.3 is 0 Å². The molecule has 0 saturated carbocycles. The fourth-order valence-corrected chi connectivity index (χ4v) is 1.67. The third-order valence-electron chi connectivity index (χ3n) is 2.60. The number of pyridine rings is 1. The van der Waals surface area contributed by atoms with Crippen LogP contribution in [0.3, 0.4) is 0 Å². The van der Waals surface area contributed by atoms with Gasteiger partial charge in [-0.2, -0.15) is 5.26 Å². The van der Waals surface area contributed by atoms with Crippen molar-refractivity contribution in [2.24, 2.45) is 0 Å². The average Bonchev–Trinajstić information content (AvgIpc) is 2.88. The Balaban J connectivity index is 1.86. The van der Waals surface area contributed by atoms with Crippen LogP contribution < -0.4 is 5.32 Å². The first kappa shape index (κ1) is 12.1. The molecule has 0 amide bonds. The number of rotatable bonds is 5. The average molecular weight is 241 g/mol. The number of aryl methyl sites for hydroxylation is 2. The quantitative estimate of drug-likeness (QED) is 0.813. The minimum atomic E-state index is 0.586. The van der Waals surface area contributed by atoms with E-state index >= 15 is 0 Å². The van der Waals surface area contributed by atoms with Gasteiger partial charge in [-0.15, -0.1) is 0 Å². The second-order valence-electron chi connectivity index (χ2n) is 4.04. The summed E-state index contributed by atoms with van der Waals surface area (Å²) in [4.78, 5) is 8.31. The molecule has 5 nitrogen and oxygen atoms in total. The highest BCUT2D eigenvalue weighted by atomic mass is 15.0. The highest BCUT2D eigenvalue weighted by Gasteiger charge is 2.02. The first-order chi connectivity index (χ1) is 8.79. The van der Waals surface area contributed by atoms with Gasteiger partial charge in [-0.25, -0.2) is 9.97 Å². The molecule has 0 aliphatic carbocycles. The minimum absolute atomic E-state index is 0.586. The molecule has 2 heterocycles. The lowest BCUT2D eigenvalue weighted by Crippen LogP contribution is -2.08. The maximum absolute atomic E-state index is 8.97. The predicted octanol–water partition coefficient (Wildman–Crippen LogP) is 1.96. The molecule has 2 rings (SSSR count). The normalized spacial score (nSPS) is 10.0. The summed E-state index contributed by atoms with van der Waals surface area (Å²) >= 11 is 0. The first-order valence-electron chi connectivity index (χ1n) is 5.87. The van der Waals surface area contributed by atoms with Crippen LogP contribution in [0.4, 0.5) is 5.82 Å². The Morgan fingerprint density at radius 2 is 2.33 bits per heavy atom. The molecule has 1 N–H and O–H groups in total. The Morgan fingerprint density at radius 3 is 3.06 bits per heavy atom. The SMILES string of the molecule is Cc1ccc(C#N)c(NCCCn2ccnc2)n1. The summed E-state index contributed by atoms with van der Waals surface area (Å²) in [5.74, 6) is 0.670. The van der Waals surface area contributed by atoms with Crippen molar-refractivity contribution in [3.63, 3.8) is 0 Å². The van der Waals surface area contributed by atoms with Gasteiger partial charge in [0.25, 0.3) is 0 Å². The molecule has 0 spiro atoms. The molecule has 0 atom stereocenters. The Kier molecular flexibility index (Phi) is 3.92. The van der Waals surface area contributed by atoms with Crippen LogP contribution in [0.5, 0.6) is 0 Å². The van der Waals surface area contributed by atoms with E-state index in [-0.39, 0.29) is 0 Å². The smallest absolute Gasteiger partial charge is 0.144 e. The summed E-state index contributed by atoms with van der Waals surface area (Å²) in [6.07, 6.45) is 6.46. The van der Waals surface area contributed by atoms with Crippen molar-refractivity contribution < 1.29 is 0 Å². The fourth-order valence-electron chi connectivity index (χ4n) is 1.67. The van der Waals surface area contributed by atoms with Crippen molar-refractivity contribution in [3.8, 4) is 6.07 Å². The van der Waals surface area contributed by atoms with Crippen LogP contribution in [0.2, 0.25) is 0 Å². The van der Waals surface area contributed by atoms with Crippen molar-refractivity contribution in [1.29, 1.82) is 5.26 Å². The standard InChI is InChI=1S/C13H15N5/c1-11-3-4-12(9-14)13(17-11)16-5-2-7-18-8-6-15-10-18/h3-4,6,8,10H,2,5,7H2,1H3,(H,16,17). The van der Waals surface area contributed by atoms with Crippen LogP contribution >= 0.6 is 0 Å². The third-order valence-corrected chi connectivity index (χ3v) is 2.60. The highest BCUT2D eigenvalue weighted by molar-refractivity contribution is 5.52. The molecular formula is C13H15N5. The van der Waals surface area contributed by atoms with E-state index in [4.69, 9.17) is 5.26 Å². The van der Waals surface area contributed by atoms with Crippen molar-refractivity contribution in [2.45, 2.75) is 19.9 Å². The summed E-state index contributed by atoms with van der Waals surface area (Å²) in [6.45, 7) is 3.60. The van der Waals surface area contributed by atoms with Gasteiger partial charge in [0.05, 0.1) is 11.9 Å². The number of hydrogen-bond donors (Lipinski definition) is 1. The van der Waals surface area contributed by atoms with Gasteiger partial charge in [-0.3, -0.25) is 0 Å². The van der Waals surface area contributed by atoms with E-state index in [1.165, 1.54) is 0 Å². The maximum Gasteiger partial charge on any atom is 0.144 e. The van der Waals surface area contributed by atoms with Gasteiger partial charge in [0.2, 0.25) is 0 Å². The molecule has 0 aliphatic rings. The van der Waals surface area contributed by atoms with Gasteiger partial charge in [0.15, 0.2) is 0 Å². The third kappa shape index (κ3) is 3.08. The predicted molar refractivity (Wildman–Crippen MR) is 69.0 cm³/mol. The number of imidazole rings is 1. The van der Waals surface area contributed by atoms with E-state index < -0.39 is 0 Å². The van der Waals surface area contributed by atoms with Crippen LogP contribution in [0.25, 0.3) is 0 Å². The molecule has 0 radical (unpaired) electrons. The van der Waals surface area contributed by atoms with E-state index in [1.54, 1.807) is 18.6 Å². The van der Waals surface area contributed by atoms with Gasteiger partial charge in [0.1, 0.15) is 11.9 Å². The summed E-state index contributed by atoms with van der Waals surface area (Å²) in [7, 11) is 0. The van der Waals surface area contributed by atoms with Gasteiger partial charge in [0, 0.05) is 31.2 Å². The molecular weight excluding hydrogens is 226 g/mol. The zero-order valence-electron chi connectivity index (χ0n) is 10.3. The topological polar surface area (TPSA) is 66.5 Å². The maximum atomic E-state index is 8.97. The fraction of sp³-hybridized carbons (Fsp3) is 0.308. The van der Waals surface area contributed by atoms with E-state index in [2.05, 4.69) is 21.4 Å².